The number of nitrogens with zero attached hydrogens (tertiary/aromatic N) is 2. The molecular weight excluding hydrogens is 408 g/mol. The summed E-state index contributed by atoms with van der Waals surface area (Å²) in [5.74, 6) is 0. The number of halogens is 1. The maximum absolute atomic E-state index is 12.9. The van der Waals surface area contributed by atoms with E-state index < -0.39 is 0 Å². The molecule has 0 unspecified atom stereocenters. The monoisotopic (exact) mass is 432 g/mol. The minimum absolute atomic E-state index is 0.00671. The van der Waals surface area contributed by atoms with E-state index in [1.807, 2.05) is 61.7 Å². The third-order valence-corrected chi connectivity index (χ3v) is 4.85. The number of aldehydes is 1. The third-order valence-electron chi connectivity index (χ3n) is 4.36. The van der Waals surface area contributed by atoms with Gasteiger partial charge in [-0.3, -0.25) is 4.79 Å². The van der Waals surface area contributed by atoms with Gasteiger partial charge in [0.1, 0.15) is 6.29 Å². The number of carbonyl (C=O) groups excluding carboxylic acids is 1. The molecule has 0 radical (unpaired) electrons. The van der Waals surface area contributed by atoms with Crippen LogP contribution in [-0.4, -0.2) is 38.7 Å². The summed E-state index contributed by atoms with van der Waals surface area (Å²) in [7, 11) is 5.57. The number of fused-ring (bicyclic) bond motifs is 2. The van der Waals surface area contributed by atoms with Crippen molar-refractivity contribution in [2.75, 3.05) is 32.7 Å². The van der Waals surface area contributed by atoms with Crippen molar-refractivity contribution in [1.82, 2.24) is 4.57 Å². The van der Waals surface area contributed by atoms with Gasteiger partial charge >= 0.3 is 0 Å². The fraction of sp³-hybridized carbons (Fsp3) is 0.333. The van der Waals surface area contributed by atoms with E-state index in [9.17, 15) is 9.59 Å². The summed E-state index contributed by atoms with van der Waals surface area (Å²) in [6.45, 7) is 4.99. The van der Waals surface area contributed by atoms with E-state index in [0.29, 0.717) is 10.8 Å². The Hall–Kier alpha value is -2.18. The van der Waals surface area contributed by atoms with Crippen LogP contribution in [0.5, 0.6) is 0 Å². The van der Waals surface area contributed by atoms with Crippen LogP contribution in [-0.2, 0) is 16.1 Å². The van der Waals surface area contributed by atoms with Gasteiger partial charge in [0.25, 0.3) is 0 Å². The lowest BCUT2D eigenvalue weighted by Gasteiger charge is -2.22. The van der Waals surface area contributed by atoms with Crippen molar-refractivity contribution in [3.8, 4) is 0 Å². The molecule has 0 aliphatic carbocycles. The summed E-state index contributed by atoms with van der Waals surface area (Å²) in [5.41, 5.74) is 3.59. The van der Waals surface area contributed by atoms with E-state index in [4.69, 9.17) is 0 Å². The highest BCUT2D eigenvalue weighted by Crippen LogP contribution is 2.31. The Morgan fingerprint density at radius 3 is 2.37 bits per heavy atom. The van der Waals surface area contributed by atoms with Gasteiger partial charge in [-0.15, -0.1) is 0 Å². The first-order valence-electron chi connectivity index (χ1n) is 8.72. The average molecular weight is 433 g/mol. The molecule has 0 fully saturated rings. The van der Waals surface area contributed by atoms with Gasteiger partial charge in [-0.05, 0) is 43.7 Å². The van der Waals surface area contributed by atoms with E-state index in [2.05, 4.69) is 20.7 Å². The molecule has 0 spiro atoms. The number of methoxy groups -OCH3 is 1. The summed E-state index contributed by atoms with van der Waals surface area (Å²) < 4.78 is 7.34. The maximum atomic E-state index is 12.9. The van der Waals surface area contributed by atoms with E-state index in [1.54, 1.807) is 13.2 Å². The number of anilines is 1. The normalized spacial score (nSPS) is 10.6. The molecule has 0 bridgehead atoms. The predicted molar refractivity (Wildman–Crippen MR) is 116 cm³/mol. The van der Waals surface area contributed by atoms with E-state index in [0.717, 1.165) is 39.7 Å². The van der Waals surface area contributed by atoms with Crippen LogP contribution in [0.25, 0.3) is 21.8 Å². The van der Waals surface area contributed by atoms with Crippen molar-refractivity contribution in [1.29, 1.82) is 0 Å². The molecule has 27 heavy (non-hydrogen) atoms. The summed E-state index contributed by atoms with van der Waals surface area (Å²) in [6.07, 6.45) is 0.867. The highest BCUT2D eigenvalue weighted by molar-refractivity contribution is 9.10. The molecule has 1 heterocycles. The van der Waals surface area contributed by atoms with Crippen molar-refractivity contribution in [3.63, 3.8) is 0 Å². The van der Waals surface area contributed by atoms with Crippen LogP contribution in [0.1, 0.15) is 12.5 Å². The van der Waals surface area contributed by atoms with Crippen molar-refractivity contribution in [2.45, 2.75) is 20.4 Å². The third kappa shape index (κ3) is 4.22. The number of ether oxygens (including phenoxy) is 1. The summed E-state index contributed by atoms with van der Waals surface area (Å²) in [4.78, 5) is 26.2. The predicted octanol–water partition coefficient (Wildman–Crippen LogP) is 4.14. The lowest BCUT2D eigenvalue weighted by Crippen LogP contribution is -2.18. The number of pyridine rings is 1. The topological polar surface area (TPSA) is 51.5 Å². The number of carbonyl (C=O) groups is 1. The maximum Gasteiger partial charge on any atom is 0.197 e. The molecule has 3 rings (SSSR count). The first kappa shape index (κ1) is 21.1. The SMILES string of the molecule is CCOC.Cc1ccc2c(=O)c3ccc(Br)cc3n(CC=O)c2c1N(C)C. The molecule has 0 aliphatic rings. The number of aryl methyl sites for hydroxylation is 1. The second-order valence-electron chi connectivity index (χ2n) is 6.37. The van der Waals surface area contributed by atoms with Crippen LogP contribution in [0.4, 0.5) is 5.69 Å². The van der Waals surface area contributed by atoms with E-state index in [1.165, 1.54) is 0 Å². The summed E-state index contributed by atoms with van der Waals surface area (Å²) in [5, 5.41) is 1.26. The van der Waals surface area contributed by atoms with Gasteiger partial charge in [-0.25, -0.2) is 0 Å². The van der Waals surface area contributed by atoms with E-state index >= 15 is 0 Å². The smallest absolute Gasteiger partial charge is 0.197 e. The quantitative estimate of drug-likeness (QED) is 0.459. The van der Waals surface area contributed by atoms with Gasteiger partial charge in [0.15, 0.2) is 5.43 Å². The van der Waals surface area contributed by atoms with Crippen LogP contribution in [0.15, 0.2) is 39.6 Å². The number of rotatable bonds is 4. The van der Waals surface area contributed by atoms with Gasteiger partial charge in [0.05, 0.1) is 23.3 Å². The Kier molecular flexibility index (Phi) is 7.16. The van der Waals surface area contributed by atoms with Gasteiger partial charge in [-0.2, -0.15) is 0 Å². The lowest BCUT2D eigenvalue weighted by molar-refractivity contribution is -0.108. The minimum atomic E-state index is -0.00671. The van der Waals surface area contributed by atoms with Crippen molar-refractivity contribution in [3.05, 3.63) is 50.6 Å². The summed E-state index contributed by atoms with van der Waals surface area (Å²) >= 11 is 3.45. The van der Waals surface area contributed by atoms with Gasteiger partial charge in [0, 0.05) is 43.1 Å². The molecule has 3 aromatic rings. The molecule has 5 nitrogen and oxygen atoms in total. The number of hydrogen-bond donors (Lipinski definition) is 0. The highest BCUT2D eigenvalue weighted by atomic mass is 79.9. The second kappa shape index (κ2) is 9.15. The zero-order valence-corrected chi connectivity index (χ0v) is 18.0. The molecule has 0 amide bonds. The zero-order valence-electron chi connectivity index (χ0n) is 16.4. The molecule has 144 valence electrons. The molecule has 0 saturated heterocycles. The Bertz CT molecular complexity index is 1020. The zero-order chi connectivity index (χ0) is 20.1. The first-order chi connectivity index (χ1) is 12.9. The lowest BCUT2D eigenvalue weighted by atomic mass is 10.0. The van der Waals surface area contributed by atoms with Gasteiger partial charge < -0.3 is 19.0 Å². The molecule has 0 atom stereocenters. The number of aromatic nitrogens is 1. The van der Waals surface area contributed by atoms with Crippen LogP contribution in [0.2, 0.25) is 0 Å². The van der Waals surface area contributed by atoms with Gasteiger partial charge in [-0.1, -0.05) is 22.0 Å². The fourth-order valence-corrected chi connectivity index (χ4v) is 3.50. The number of hydrogen-bond acceptors (Lipinski definition) is 4. The molecule has 0 aliphatic heterocycles. The molecule has 1 aromatic heterocycles. The molecule has 2 aromatic carbocycles. The standard InChI is InChI=1S/C18H17BrN2O2.C3H8O/c1-11-4-6-14-17(16(11)20(2)3)21(8-9-22)15-10-12(19)5-7-13(15)18(14)23;1-3-4-2/h4-7,9-10H,8H2,1-3H3;3H2,1-2H3. The van der Waals surface area contributed by atoms with Crippen LogP contribution in [0.3, 0.4) is 0 Å². The Morgan fingerprint density at radius 1 is 1.19 bits per heavy atom. The van der Waals surface area contributed by atoms with Crippen molar-refractivity contribution >= 4 is 49.7 Å². The first-order valence-corrected chi connectivity index (χ1v) is 9.51. The van der Waals surface area contributed by atoms with Crippen molar-refractivity contribution in [2.24, 2.45) is 0 Å². The Balaban J connectivity index is 0.000000596. The second-order valence-corrected chi connectivity index (χ2v) is 7.28. The highest BCUT2D eigenvalue weighted by Gasteiger charge is 2.16. The van der Waals surface area contributed by atoms with Crippen LogP contribution in [0, 0.1) is 6.92 Å². The van der Waals surface area contributed by atoms with Gasteiger partial charge in [0.2, 0.25) is 0 Å². The molecule has 0 N–H and O–H groups in total. The molecular formula is C21H25BrN2O3. The van der Waals surface area contributed by atoms with Crippen molar-refractivity contribution < 1.29 is 9.53 Å². The molecule has 0 saturated carbocycles. The molecule has 6 heteroatoms. The Labute approximate surface area is 167 Å². The fourth-order valence-electron chi connectivity index (χ4n) is 3.15. The minimum Gasteiger partial charge on any atom is -0.385 e. The van der Waals surface area contributed by atoms with Crippen LogP contribution < -0.4 is 10.3 Å². The average Bonchev–Trinajstić information content (AvgIpc) is 2.64. The van der Waals surface area contributed by atoms with E-state index in [-0.39, 0.29) is 12.0 Å². The largest absolute Gasteiger partial charge is 0.385 e. The number of benzene rings is 2. The Morgan fingerprint density at radius 2 is 1.81 bits per heavy atom. The van der Waals surface area contributed by atoms with Crippen LogP contribution >= 0.6 is 15.9 Å². The summed E-state index contributed by atoms with van der Waals surface area (Å²) in [6, 6.07) is 9.35.